The molecule has 136 valence electrons. The smallest absolute Gasteiger partial charge is 0.338 e. The first-order chi connectivity index (χ1) is 13.1. The van der Waals surface area contributed by atoms with Gasteiger partial charge in [0.1, 0.15) is 0 Å². The summed E-state index contributed by atoms with van der Waals surface area (Å²) in [4.78, 5) is 23.7. The number of esters is 2. The fourth-order valence-corrected chi connectivity index (χ4v) is 2.92. The second-order valence-corrected chi connectivity index (χ2v) is 5.92. The second kappa shape index (κ2) is 8.32. The number of benzene rings is 3. The average Bonchev–Trinajstić information content (AvgIpc) is 2.73. The molecule has 0 heterocycles. The van der Waals surface area contributed by atoms with E-state index in [4.69, 9.17) is 9.47 Å². The number of hydrogen-bond donors (Lipinski definition) is 0. The van der Waals surface area contributed by atoms with Gasteiger partial charge in [-0.25, -0.2) is 9.59 Å². The molecule has 27 heavy (non-hydrogen) atoms. The van der Waals surface area contributed by atoms with Crippen LogP contribution in [0.5, 0.6) is 0 Å². The highest BCUT2D eigenvalue weighted by Gasteiger charge is 2.12. The van der Waals surface area contributed by atoms with Gasteiger partial charge in [-0.05, 0) is 53.4 Å². The molecule has 0 bridgehead atoms. The predicted molar refractivity (Wildman–Crippen MR) is 105 cm³/mol. The zero-order valence-corrected chi connectivity index (χ0v) is 15.3. The van der Waals surface area contributed by atoms with Crippen LogP contribution in [0.25, 0.3) is 22.3 Å². The van der Waals surface area contributed by atoms with E-state index in [2.05, 4.69) is 0 Å². The van der Waals surface area contributed by atoms with Crippen LogP contribution in [0.15, 0.2) is 72.8 Å². The Morgan fingerprint density at radius 2 is 1.41 bits per heavy atom. The van der Waals surface area contributed by atoms with E-state index in [1.807, 2.05) is 54.6 Å². The summed E-state index contributed by atoms with van der Waals surface area (Å²) in [6, 6.07) is 22.6. The zero-order chi connectivity index (χ0) is 19.2. The topological polar surface area (TPSA) is 52.6 Å². The minimum Gasteiger partial charge on any atom is -0.465 e. The molecule has 0 N–H and O–H groups in total. The summed E-state index contributed by atoms with van der Waals surface area (Å²) >= 11 is 0. The predicted octanol–water partition coefficient (Wildman–Crippen LogP) is 4.98. The Balaban J connectivity index is 2.00. The number of rotatable bonds is 5. The summed E-state index contributed by atoms with van der Waals surface area (Å²) in [5, 5.41) is 0. The molecule has 4 nitrogen and oxygen atoms in total. The van der Waals surface area contributed by atoms with Gasteiger partial charge in [0.2, 0.25) is 0 Å². The summed E-state index contributed by atoms with van der Waals surface area (Å²) in [6.07, 6.45) is 0. The van der Waals surface area contributed by atoms with E-state index in [9.17, 15) is 9.59 Å². The normalized spacial score (nSPS) is 10.3. The van der Waals surface area contributed by atoms with E-state index in [0.29, 0.717) is 17.7 Å². The molecule has 0 radical (unpaired) electrons. The van der Waals surface area contributed by atoms with Gasteiger partial charge >= 0.3 is 11.9 Å². The lowest BCUT2D eigenvalue weighted by molar-refractivity contribution is 0.0525. The Kier molecular flexibility index (Phi) is 5.67. The maximum Gasteiger partial charge on any atom is 0.338 e. The summed E-state index contributed by atoms with van der Waals surface area (Å²) < 4.78 is 9.84. The van der Waals surface area contributed by atoms with Crippen LogP contribution >= 0.6 is 0 Å². The molecule has 0 aliphatic rings. The fourth-order valence-electron chi connectivity index (χ4n) is 2.92. The maximum atomic E-state index is 11.8. The van der Waals surface area contributed by atoms with Crippen LogP contribution in [0, 0.1) is 0 Å². The van der Waals surface area contributed by atoms with Crippen molar-refractivity contribution in [1.82, 2.24) is 0 Å². The standard InChI is InChI=1S/C23H20O4/c1-3-27-23(25)17-13-11-16(12-14-17)20-9-4-5-10-21(20)18-7-6-8-19(15-18)22(24)26-2/h4-15H,3H2,1-2H3. The third kappa shape index (κ3) is 4.06. The van der Waals surface area contributed by atoms with Crippen molar-refractivity contribution in [2.45, 2.75) is 6.92 Å². The van der Waals surface area contributed by atoms with Crippen LogP contribution in [0.2, 0.25) is 0 Å². The van der Waals surface area contributed by atoms with E-state index < -0.39 is 0 Å². The Morgan fingerprint density at radius 3 is 2.04 bits per heavy atom. The van der Waals surface area contributed by atoms with Crippen molar-refractivity contribution in [3.05, 3.63) is 83.9 Å². The van der Waals surface area contributed by atoms with Gasteiger partial charge in [0.15, 0.2) is 0 Å². The van der Waals surface area contributed by atoms with Crippen molar-refractivity contribution in [1.29, 1.82) is 0 Å². The molecule has 3 rings (SSSR count). The van der Waals surface area contributed by atoms with Gasteiger partial charge in [-0.3, -0.25) is 0 Å². The molecule has 0 aliphatic carbocycles. The lowest BCUT2D eigenvalue weighted by Gasteiger charge is -2.11. The van der Waals surface area contributed by atoms with Crippen LogP contribution in [-0.4, -0.2) is 25.7 Å². The summed E-state index contributed by atoms with van der Waals surface area (Å²) in [7, 11) is 1.37. The van der Waals surface area contributed by atoms with Crippen LogP contribution in [0.3, 0.4) is 0 Å². The van der Waals surface area contributed by atoms with E-state index in [0.717, 1.165) is 22.3 Å². The highest BCUT2D eigenvalue weighted by molar-refractivity contribution is 5.93. The Hall–Kier alpha value is -3.40. The van der Waals surface area contributed by atoms with Crippen molar-refractivity contribution in [2.75, 3.05) is 13.7 Å². The minimum absolute atomic E-state index is 0.330. The first-order valence-electron chi connectivity index (χ1n) is 8.69. The molecule has 3 aromatic carbocycles. The molecule has 0 spiro atoms. The third-order valence-electron chi connectivity index (χ3n) is 4.23. The maximum absolute atomic E-state index is 11.8. The van der Waals surface area contributed by atoms with Crippen molar-refractivity contribution >= 4 is 11.9 Å². The number of carbonyl (C=O) groups excluding carboxylic acids is 2. The number of hydrogen-bond acceptors (Lipinski definition) is 4. The van der Waals surface area contributed by atoms with Crippen LogP contribution in [0.1, 0.15) is 27.6 Å². The first kappa shape index (κ1) is 18.4. The molecular formula is C23H20O4. The number of methoxy groups -OCH3 is 1. The third-order valence-corrected chi connectivity index (χ3v) is 4.23. The summed E-state index contributed by atoms with van der Waals surface area (Å²) in [5.41, 5.74) is 4.92. The van der Waals surface area contributed by atoms with Crippen LogP contribution < -0.4 is 0 Å². The monoisotopic (exact) mass is 360 g/mol. The first-order valence-corrected chi connectivity index (χ1v) is 8.69. The Labute approximate surface area is 158 Å². The minimum atomic E-state index is -0.367. The molecule has 0 aromatic heterocycles. The highest BCUT2D eigenvalue weighted by Crippen LogP contribution is 2.32. The summed E-state index contributed by atoms with van der Waals surface area (Å²) in [6.45, 7) is 2.13. The molecule has 0 aliphatic heterocycles. The molecule has 0 amide bonds. The quantitative estimate of drug-likeness (QED) is 0.602. The van der Waals surface area contributed by atoms with Gasteiger partial charge in [0.25, 0.3) is 0 Å². The highest BCUT2D eigenvalue weighted by atomic mass is 16.5. The molecule has 0 atom stereocenters. The van der Waals surface area contributed by atoms with Crippen LogP contribution in [0.4, 0.5) is 0 Å². The lowest BCUT2D eigenvalue weighted by atomic mass is 9.93. The van der Waals surface area contributed by atoms with Crippen molar-refractivity contribution in [2.24, 2.45) is 0 Å². The molecule has 0 saturated carbocycles. The summed E-state index contributed by atoms with van der Waals surface area (Å²) in [5.74, 6) is -0.698. The van der Waals surface area contributed by atoms with Gasteiger partial charge in [-0.2, -0.15) is 0 Å². The van der Waals surface area contributed by atoms with E-state index >= 15 is 0 Å². The van der Waals surface area contributed by atoms with Gasteiger partial charge in [0.05, 0.1) is 24.8 Å². The zero-order valence-electron chi connectivity index (χ0n) is 15.3. The van der Waals surface area contributed by atoms with Crippen LogP contribution in [-0.2, 0) is 9.47 Å². The van der Waals surface area contributed by atoms with E-state index in [1.165, 1.54) is 7.11 Å². The molecule has 0 unspecified atom stereocenters. The van der Waals surface area contributed by atoms with Crippen molar-refractivity contribution < 1.29 is 19.1 Å². The van der Waals surface area contributed by atoms with Crippen molar-refractivity contribution in [3.63, 3.8) is 0 Å². The van der Waals surface area contributed by atoms with Gasteiger partial charge in [-0.15, -0.1) is 0 Å². The van der Waals surface area contributed by atoms with Crippen molar-refractivity contribution in [3.8, 4) is 22.3 Å². The fraction of sp³-hybridized carbons (Fsp3) is 0.130. The molecular weight excluding hydrogens is 340 g/mol. The van der Waals surface area contributed by atoms with Gasteiger partial charge < -0.3 is 9.47 Å². The SMILES string of the molecule is CCOC(=O)c1ccc(-c2ccccc2-c2cccc(C(=O)OC)c2)cc1. The number of carbonyl (C=O) groups is 2. The molecule has 4 heteroatoms. The Bertz CT molecular complexity index is 958. The molecule has 3 aromatic rings. The second-order valence-electron chi connectivity index (χ2n) is 5.92. The average molecular weight is 360 g/mol. The Morgan fingerprint density at radius 1 is 0.741 bits per heavy atom. The molecule has 0 fully saturated rings. The number of ether oxygens (including phenoxy) is 2. The van der Waals surface area contributed by atoms with E-state index in [1.54, 1.807) is 25.1 Å². The van der Waals surface area contributed by atoms with Gasteiger partial charge in [-0.1, -0.05) is 48.5 Å². The largest absolute Gasteiger partial charge is 0.465 e. The lowest BCUT2D eigenvalue weighted by Crippen LogP contribution is -2.04. The van der Waals surface area contributed by atoms with Gasteiger partial charge in [0, 0.05) is 0 Å². The molecule has 0 saturated heterocycles. The van der Waals surface area contributed by atoms with E-state index in [-0.39, 0.29) is 11.9 Å².